The number of carbonyl (C=O) groups excluding carboxylic acids is 1. The number of phenolic OH excluding ortho intramolecular Hbond substituents is 1. The van der Waals surface area contributed by atoms with E-state index >= 15 is 0 Å². The third-order valence-electron chi connectivity index (χ3n) is 1.96. The maximum Gasteiger partial charge on any atom is 0.377 e. The maximum atomic E-state index is 12.4. The van der Waals surface area contributed by atoms with Crippen molar-refractivity contribution in [1.29, 1.82) is 0 Å². The number of alkyl halides is 2. The molecule has 0 bridgehead atoms. The number of benzene rings is 1. The molecule has 0 atom stereocenters. The number of Topliss-reactive ketones (excluding diaryl/α,β-unsaturated/α-hetero) is 1. The normalized spacial score (nSPS) is 10.5. The first-order chi connectivity index (χ1) is 7.34. The van der Waals surface area contributed by atoms with Crippen LogP contribution in [-0.4, -0.2) is 22.0 Å². The molecule has 0 aliphatic heterocycles. The van der Waals surface area contributed by atoms with Crippen molar-refractivity contribution in [2.24, 2.45) is 0 Å². The van der Waals surface area contributed by atoms with Crippen LogP contribution in [0.2, 0.25) is 0 Å². The van der Waals surface area contributed by atoms with E-state index in [4.69, 9.17) is 5.11 Å². The van der Waals surface area contributed by atoms with Crippen LogP contribution in [0.1, 0.15) is 27.9 Å². The van der Waals surface area contributed by atoms with Gasteiger partial charge in [-0.1, -0.05) is 0 Å². The fourth-order valence-electron chi connectivity index (χ4n) is 1.26. The molecule has 1 rings (SSSR count). The number of phenols is 1. The summed E-state index contributed by atoms with van der Waals surface area (Å²) in [5, 5.41) is 17.8. The second-order valence-corrected chi connectivity index (χ2v) is 3.19. The van der Waals surface area contributed by atoms with Gasteiger partial charge in [-0.15, -0.1) is 0 Å². The number of rotatable bonds is 3. The SMILES string of the molecule is Cc1cc(C(=O)C(=O)O)c(O)c(C(F)F)c1. The van der Waals surface area contributed by atoms with Crippen molar-refractivity contribution in [2.45, 2.75) is 13.3 Å². The largest absolute Gasteiger partial charge is 0.507 e. The molecule has 2 N–H and O–H groups in total. The molecule has 4 nitrogen and oxygen atoms in total. The molecule has 16 heavy (non-hydrogen) atoms. The van der Waals surface area contributed by atoms with Crippen LogP contribution in [0, 0.1) is 6.92 Å². The van der Waals surface area contributed by atoms with Gasteiger partial charge in [0.1, 0.15) is 5.75 Å². The van der Waals surface area contributed by atoms with Crippen LogP contribution in [0.5, 0.6) is 5.75 Å². The Morgan fingerprint density at radius 1 is 1.31 bits per heavy atom. The minimum atomic E-state index is -2.97. The van der Waals surface area contributed by atoms with Gasteiger partial charge in [-0.05, 0) is 24.6 Å². The van der Waals surface area contributed by atoms with Gasteiger partial charge in [-0.2, -0.15) is 0 Å². The standard InChI is InChI=1S/C10H8F2O4/c1-4-2-5(8(14)10(15)16)7(13)6(3-4)9(11)12/h2-3,9,13H,1H3,(H,15,16). The van der Waals surface area contributed by atoms with Gasteiger partial charge in [0, 0.05) is 0 Å². The van der Waals surface area contributed by atoms with E-state index in [-0.39, 0.29) is 5.56 Å². The van der Waals surface area contributed by atoms with Crippen molar-refractivity contribution >= 4 is 11.8 Å². The van der Waals surface area contributed by atoms with E-state index in [1.54, 1.807) is 0 Å². The Balaban J connectivity index is 3.41. The second-order valence-electron chi connectivity index (χ2n) is 3.19. The summed E-state index contributed by atoms with van der Waals surface area (Å²) >= 11 is 0. The van der Waals surface area contributed by atoms with E-state index in [2.05, 4.69) is 0 Å². The minimum Gasteiger partial charge on any atom is -0.507 e. The van der Waals surface area contributed by atoms with Gasteiger partial charge in [-0.25, -0.2) is 13.6 Å². The quantitative estimate of drug-likeness (QED) is 0.614. The summed E-state index contributed by atoms with van der Waals surface area (Å²) in [6.45, 7) is 1.42. The van der Waals surface area contributed by atoms with E-state index in [1.807, 2.05) is 0 Å². The highest BCUT2D eigenvalue weighted by atomic mass is 19.3. The summed E-state index contributed by atoms with van der Waals surface area (Å²) in [5.41, 5.74) is -1.09. The van der Waals surface area contributed by atoms with Crippen LogP contribution in [0.15, 0.2) is 12.1 Å². The number of hydrogen-bond donors (Lipinski definition) is 2. The Morgan fingerprint density at radius 3 is 2.31 bits per heavy atom. The number of halogens is 2. The number of carboxylic acid groups (broad SMARTS) is 1. The zero-order valence-electron chi connectivity index (χ0n) is 8.20. The maximum absolute atomic E-state index is 12.4. The molecule has 1 aromatic rings. The molecule has 0 saturated carbocycles. The summed E-state index contributed by atoms with van der Waals surface area (Å²) in [6.07, 6.45) is -2.97. The number of carboxylic acids is 1. The molecule has 0 saturated heterocycles. The van der Waals surface area contributed by atoms with E-state index in [9.17, 15) is 23.5 Å². The molecular weight excluding hydrogens is 222 g/mol. The summed E-state index contributed by atoms with van der Waals surface area (Å²) in [7, 11) is 0. The molecule has 0 aliphatic rings. The lowest BCUT2D eigenvalue weighted by Gasteiger charge is -2.08. The van der Waals surface area contributed by atoms with Crippen LogP contribution in [0.4, 0.5) is 8.78 Å². The molecule has 0 amide bonds. The Bertz CT molecular complexity index is 454. The molecular formula is C10H8F2O4. The first-order valence-corrected chi connectivity index (χ1v) is 4.24. The summed E-state index contributed by atoms with van der Waals surface area (Å²) in [4.78, 5) is 21.5. The van der Waals surface area contributed by atoms with Crippen molar-refractivity contribution < 1.29 is 28.6 Å². The van der Waals surface area contributed by atoms with E-state index in [0.717, 1.165) is 12.1 Å². The lowest BCUT2D eigenvalue weighted by molar-refractivity contribution is -0.131. The van der Waals surface area contributed by atoms with Gasteiger partial charge >= 0.3 is 5.97 Å². The van der Waals surface area contributed by atoms with Gasteiger partial charge in [0.15, 0.2) is 0 Å². The molecule has 0 heterocycles. The summed E-state index contributed by atoms with van der Waals surface area (Å²) in [5.74, 6) is -4.20. The highest BCUT2D eigenvalue weighted by Gasteiger charge is 2.24. The van der Waals surface area contributed by atoms with Crippen molar-refractivity contribution in [3.63, 3.8) is 0 Å². The number of aromatic hydroxyl groups is 1. The van der Waals surface area contributed by atoms with E-state index in [0.29, 0.717) is 0 Å². The van der Waals surface area contributed by atoms with E-state index < -0.39 is 35.1 Å². The molecule has 0 aromatic heterocycles. The first kappa shape index (κ1) is 12.1. The predicted octanol–water partition coefficient (Wildman–Crippen LogP) is 1.91. The summed E-state index contributed by atoms with van der Waals surface area (Å²) < 4.78 is 24.9. The van der Waals surface area contributed by atoms with Gasteiger partial charge in [0.2, 0.25) is 0 Å². The molecule has 0 unspecified atom stereocenters. The topological polar surface area (TPSA) is 74.6 Å². The predicted molar refractivity (Wildman–Crippen MR) is 49.8 cm³/mol. The molecule has 0 radical (unpaired) electrons. The fourth-order valence-corrected chi connectivity index (χ4v) is 1.26. The Morgan fingerprint density at radius 2 is 1.88 bits per heavy atom. The molecule has 0 fully saturated rings. The third-order valence-corrected chi connectivity index (χ3v) is 1.96. The lowest BCUT2D eigenvalue weighted by atomic mass is 10.0. The Hall–Kier alpha value is -1.98. The fraction of sp³-hybridized carbons (Fsp3) is 0.200. The van der Waals surface area contributed by atoms with Gasteiger partial charge in [0.25, 0.3) is 12.2 Å². The minimum absolute atomic E-state index is 0.276. The number of aliphatic carboxylic acids is 1. The highest BCUT2D eigenvalue weighted by molar-refractivity contribution is 6.40. The first-order valence-electron chi connectivity index (χ1n) is 4.24. The van der Waals surface area contributed by atoms with Gasteiger partial charge < -0.3 is 10.2 Å². The Labute approximate surface area is 89.1 Å². The number of carbonyl (C=O) groups is 2. The van der Waals surface area contributed by atoms with Gasteiger partial charge in [0.05, 0.1) is 11.1 Å². The average Bonchev–Trinajstić information content (AvgIpc) is 2.19. The third kappa shape index (κ3) is 2.16. The number of ketones is 1. The Kier molecular flexibility index (Phi) is 3.22. The zero-order valence-corrected chi connectivity index (χ0v) is 8.20. The molecule has 0 aliphatic carbocycles. The smallest absolute Gasteiger partial charge is 0.377 e. The average molecular weight is 230 g/mol. The van der Waals surface area contributed by atoms with Crippen LogP contribution in [0.3, 0.4) is 0 Å². The number of hydrogen-bond acceptors (Lipinski definition) is 3. The van der Waals surface area contributed by atoms with Crippen molar-refractivity contribution in [3.05, 3.63) is 28.8 Å². The molecule has 86 valence electrons. The highest BCUT2D eigenvalue weighted by Crippen LogP contribution is 2.32. The van der Waals surface area contributed by atoms with Crippen molar-refractivity contribution in [3.8, 4) is 5.75 Å². The molecule has 0 spiro atoms. The number of aryl methyl sites for hydroxylation is 1. The molecule has 6 heteroatoms. The van der Waals surface area contributed by atoms with Crippen molar-refractivity contribution in [2.75, 3.05) is 0 Å². The van der Waals surface area contributed by atoms with Gasteiger partial charge in [-0.3, -0.25) is 4.79 Å². The molecule has 1 aromatic carbocycles. The van der Waals surface area contributed by atoms with Crippen LogP contribution in [-0.2, 0) is 4.79 Å². The van der Waals surface area contributed by atoms with Crippen LogP contribution < -0.4 is 0 Å². The zero-order chi connectivity index (χ0) is 12.5. The lowest BCUT2D eigenvalue weighted by Crippen LogP contribution is -2.13. The van der Waals surface area contributed by atoms with Crippen molar-refractivity contribution in [1.82, 2.24) is 0 Å². The summed E-state index contributed by atoms with van der Waals surface area (Å²) in [6, 6.07) is 2.05. The van der Waals surface area contributed by atoms with Crippen LogP contribution in [0.25, 0.3) is 0 Å². The van der Waals surface area contributed by atoms with Crippen LogP contribution >= 0.6 is 0 Å². The van der Waals surface area contributed by atoms with E-state index in [1.165, 1.54) is 6.92 Å². The monoisotopic (exact) mass is 230 g/mol. The second kappa shape index (κ2) is 4.26.